The second-order valence-corrected chi connectivity index (χ2v) is 10.3. The first-order valence-corrected chi connectivity index (χ1v) is 13.9. The molecule has 0 aliphatic carbocycles. The molecule has 0 aliphatic heterocycles. The van der Waals surface area contributed by atoms with Crippen molar-refractivity contribution < 1.29 is 14.7 Å². The summed E-state index contributed by atoms with van der Waals surface area (Å²) in [6.45, 7) is 3.71. The summed E-state index contributed by atoms with van der Waals surface area (Å²) in [5.41, 5.74) is 0.118. The molecule has 0 saturated heterocycles. The zero-order chi connectivity index (χ0) is 31.1. The highest BCUT2D eigenvalue weighted by molar-refractivity contribution is 5.99. The summed E-state index contributed by atoms with van der Waals surface area (Å²) >= 11 is 0. The van der Waals surface area contributed by atoms with Crippen LogP contribution in [0.25, 0.3) is 0 Å². The van der Waals surface area contributed by atoms with Gasteiger partial charge in [0.25, 0.3) is 17.0 Å². The van der Waals surface area contributed by atoms with E-state index in [1.54, 1.807) is 27.1 Å². The molecule has 1 aromatic heterocycles. The topological polar surface area (TPSA) is 149 Å². The number of benzene rings is 3. The molecule has 0 aliphatic rings. The van der Waals surface area contributed by atoms with Gasteiger partial charge in [-0.25, -0.2) is 4.68 Å². The molecule has 2 unspecified atom stereocenters. The Morgan fingerprint density at radius 2 is 1.58 bits per heavy atom. The van der Waals surface area contributed by atoms with E-state index in [1.165, 1.54) is 17.0 Å². The fourth-order valence-electron chi connectivity index (χ4n) is 4.57. The second kappa shape index (κ2) is 13.6. The number of aromatic hydroxyl groups is 1. The Bertz CT molecular complexity index is 1700. The summed E-state index contributed by atoms with van der Waals surface area (Å²) in [6, 6.07) is 21.9. The molecule has 5 N–H and O–H groups in total. The van der Waals surface area contributed by atoms with Crippen LogP contribution in [-0.4, -0.2) is 51.7 Å². The van der Waals surface area contributed by atoms with E-state index in [9.17, 15) is 24.3 Å². The minimum absolute atomic E-state index is 0.0136. The third kappa shape index (κ3) is 7.13. The van der Waals surface area contributed by atoms with Crippen LogP contribution < -0.4 is 27.1 Å². The van der Waals surface area contributed by atoms with Crippen LogP contribution in [0.2, 0.25) is 0 Å². The number of para-hydroxylation sites is 1. The summed E-state index contributed by atoms with van der Waals surface area (Å²) in [4.78, 5) is 54.6. The Morgan fingerprint density at radius 3 is 2.21 bits per heavy atom. The number of anilines is 3. The molecular weight excluding hydrogens is 548 g/mol. The van der Waals surface area contributed by atoms with E-state index in [1.807, 2.05) is 67.6 Å². The van der Waals surface area contributed by atoms with Crippen LogP contribution >= 0.6 is 0 Å². The number of carbonyl (C=O) groups is 2. The van der Waals surface area contributed by atoms with Gasteiger partial charge in [0.15, 0.2) is 5.75 Å². The lowest BCUT2D eigenvalue weighted by atomic mass is 10.1. The van der Waals surface area contributed by atoms with Crippen molar-refractivity contribution in [3.05, 3.63) is 116 Å². The Hall–Kier alpha value is -5.32. The van der Waals surface area contributed by atoms with Gasteiger partial charge >= 0.3 is 0 Å². The van der Waals surface area contributed by atoms with E-state index in [0.29, 0.717) is 6.42 Å². The predicted molar refractivity (Wildman–Crippen MR) is 167 cm³/mol. The second-order valence-electron chi connectivity index (χ2n) is 10.3. The van der Waals surface area contributed by atoms with Gasteiger partial charge in [0.05, 0.1) is 23.8 Å². The van der Waals surface area contributed by atoms with E-state index >= 15 is 0 Å². The number of nitrogens with one attached hydrogen (secondary N) is 4. The van der Waals surface area contributed by atoms with Crippen molar-refractivity contribution in [2.45, 2.75) is 38.9 Å². The molecule has 0 bridgehead atoms. The maximum atomic E-state index is 13.8. The molecule has 2 atom stereocenters. The first kappa shape index (κ1) is 30.6. The number of H-pyrrole nitrogens is 1. The number of phenolic OH excluding ortho intramolecular Hbond substituents is 1. The molecule has 2 amide bonds. The fourth-order valence-corrected chi connectivity index (χ4v) is 4.57. The average Bonchev–Trinajstić information content (AvgIpc) is 3.00. The van der Waals surface area contributed by atoms with Gasteiger partial charge in [0.2, 0.25) is 5.91 Å². The summed E-state index contributed by atoms with van der Waals surface area (Å²) in [5.74, 6) is -1.19. The number of hydrogen-bond donors (Lipinski definition) is 5. The van der Waals surface area contributed by atoms with Crippen molar-refractivity contribution in [3.8, 4) is 5.75 Å². The highest BCUT2D eigenvalue weighted by atomic mass is 16.3. The zero-order valence-electron chi connectivity index (χ0n) is 24.5. The Kier molecular flexibility index (Phi) is 9.66. The number of amides is 2. The molecule has 3 aromatic carbocycles. The molecule has 11 nitrogen and oxygen atoms in total. The number of aromatic nitrogens is 2. The summed E-state index contributed by atoms with van der Waals surface area (Å²) in [7, 11) is 3.11. The van der Waals surface area contributed by atoms with Crippen LogP contribution in [0, 0.1) is 0 Å². The van der Waals surface area contributed by atoms with Gasteiger partial charge in [-0.05, 0) is 36.6 Å². The van der Waals surface area contributed by atoms with Gasteiger partial charge in [-0.2, -0.15) is 0 Å². The molecule has 0 spiro atoms. The van der Waals surface area contributed by atoms with Crippen molar-refractivity contribution in [1.29, 1.82) is 0 Å². The van der Waals surface area contributed by atoms with E-state index in [0.717, 1.165) is 15.8 Å². The number of hydrogen-bond acceptors (Lipinski definition) is 7. The SMILES string of the molecule is CCC(Nc1c(Nc2cccc(C(=O)N(C)C)c2O)c(=O)n(Cc2ccccc2)[nH]c1=O)C(=O)NC(C)c1ccccc1. The largest absolute Gasteiger partial charge is 0.505 e. The zero-order valence-corrected chi connectivity index (χ0v) is 24.5. The Balaban J connectivity index is 1.74. The molecule has 0 saturated carbocycles. The average molecular weight is 585 g/mol. The maximum absolute atomic E-state index is 13.8. The van der Waals surface area contributed by atoms with Gasteiger partial charge in [-0.1, -0.05) is 73.7 Å². The molecule has 11 heteroatoms. The van der Waals surface area contributed by atoms with Crippen LogP contribution in [0.1, 0.15) is 47.8 Å². The highest BCUT2D eigenvalue weighted by Crippen LogP contribution is 2.31. The molecular formula is C32H36N6O5. The van der Waals surface area contributed by atoms with Gasteiger partial charge in [0.1, 0.15) is 17.4 Å². The van der Waals surface area contributed by atoms with Crippen LogP contribution in [0.15, 0.2) is 88.5 Å². The fraction of sp³-hybridized carbons (Fsp3) is 0.250. The van der Waals surface area contributed by atoms with Crippen molar-refractivity contribution in [2.24, 2.45) is 0 Å². The number of nitrogens with zero attached hydrogens (tertiary/aromatic N) is 2. The van der Waals surface area contributed by atoms with Gasteiger partial charge in [-0.15, -0.1) is 0 Å². The summed E-state index contributed by atoms with van der Waals surface area (Å²) in [5, 5.41) is 22.4. The van der Waals surface area contributed by atoms with E-state index < -0.39 is 23.1 Å². The minimum Gasteiger partial charge on any atom is -0.505 e. The Labute approximate surface area is 249 Å². The van der Waals surface area contributed by atoms with E-state index in [2.05, 4.69) is 21.0 Å². The molecule has 1 heterocycles. The van der Waals surface area contributed by atoms with Crippen LogP contribution in [-0.2, 0) is 11.3 Å². The predicted octanol–water partition coefficient (Wildman–Crippen LogP) is 3.80. The number of rotatable bonds is 11. The summed E-state index contributed by atoms with van der Waals surface area (Å²) in [6.07, 6.45) is 0.303. The number of phenols is 1. The van der Waals surface area contributed by atoms with Crippen molar-refractivity contribution >= 4 is 28.9 Å². The number of carbonyl (C=O) groups excluding carboxylic acids is 2. The third-order valence-electron chi connectivity index (χ3n) is 6.99. The molecule has 4 rings (SSSR count). The molecule has 0 radical (unpaired) electrons. The third-order valence-corrected chi connectivity index (χ3v) is 6.99. The van der Waals surface area contributed by atoms with Crippen molar-refractivity contribution in [3.63, 3.8) is 0 Å². The molecule has 43 heavy (non-hydrogen) atoms. The highest BCUT2D eigenvalue weighted by Gasteiger charge is 2.25. The lowest BCUT2D eigenvalue weighted by molar-refractivity contribution is -0.122. The molecule has 224 valence electrons. The standard InChI is InChI=1S/C32H36N6O5/c1-5-24(29(40)33-20(2)22-15-10-7-11-16-22)34-26-27(35-25-18-12-17-23(28(25)39)31(42)37(3)4)32(43)38(36-30(26)41)19-21-13-8-6-9-14-21/h6-18,20,24,34-35,39H,5,19H2,1-4H3,(H,33,40)(H,36,41). The molecule has 0 fully saturated rings. The minimum atomic E-state index is -0.868. The van der Waals surface area contributed by atoms with Gasteiger partial charge in [0, 0.05) is 14.1 Å². The van der Waals surface area contributed by atoms with E-state index in [4.69, 9.17) is 0 Å². The van der Waals surface area contributed by atoms with Crippen LogP contribution in [0.5, 0.6) is 5.75 Å². The number of aromatic amines is 1. The van der Waals surface area contributed by atoms with Crippen molar-refractivity contribution in [1.82, 2.24) is 20.0 Å². The van der Waals surface area contributed by atoms with Crippen LogP contribution in [0.4, 0.5) is 17.1 Å². The monoisotopic (exact) mass is 584 g/mol. The Morgan fingerprint density at radius 1 is 0.930 bits per heavy atom. The first-order chi connectivity index (χ1) is 20.6. The summed E-state index contributed by atoms with van der Waals surface area (Å²) < 4.78 is 1.15. The van der Waals surface area contributed by atoms with Crippen molar-refractivity contribution in [2.75, 3.05) is 24.7 Å². The van der Waals surface area contributed by atoms with E-state index in [-0.39, 0.29) is 46.9 Å². The maximum Gasteiger partial charge on any atom is 0.291 e. The molecule has 4 aromatic rings. The van der Waals surface area contributed by atoms with Crippen LogP contribution in [0.3, 0.4) is 0 Å². The first-order valence-electron chi connectivity index (χ1n) is 13.9. The normalized spacial score (nSPS) is 12.2. The quantitative estimate of drug-likeness (QED) is 0.168. The smallest absolute Gasteiger partial charge is 0.291 e. The van der Waals surface area contributed by atoms with Gasteiger partial charge < -0.3 is 26.0 Å². The van der Waals surface area contributed by atoms with Gasteiger partial charge in [-0.3, -0.25) is 24.3 Å². The lowest BCUT2D eigenvalue weighted by Gasteiger charge is -2.23. The lowest BCUT2D eigenvalue weighted by Crippen LogP contribution is -2.43.